The quantitative estimate of drug-likeness (QED) is 0.666. The van der Waals surface area contributed by atoms with Crippen molar-refractivity contribution in [1.82, 2.24) is 0 Å². The average Bonchev–Trinajstić information content (AvgIpc) is 2.05. The standard InChI is InChI=1S/C6H8S2Se2/c9-3-5-1-7-6(4-10)2-8-5/h3-6H,1-2H2. The van der Waals surface area contributed by atoms with Crippen LogP contribution in [0.2, 0.25) is 0 Å². The second-order valence-electron chi connectivity index (χ2n) is 2.02. The van der Waals surface area contributed by atoms with E-state index in [0.29, 0.717) is 0 Å². The molecular weight excluding hydrogens is 294 g/mol. The molecular formula is C6H8S2Se2. The first-order valence-electron chi connectivity index (χ1n) is 3.00. The van der Waals surface area contributed by atoms with Crippen LogP contribution in [-0.4, -0.2) is 63.0 Å². The fourth-order valence-electron chi connectivity index (χ4n) is 0.690. The predicted octanol–water partition coefficient (Wildman–Crippen LogP) is 0.145. The Labute approximate surface area is 86.0 Å². The molecule has 10 heavy (non-hydrogen) atoms. The molecule has 2 atom stereocenters. The minimum atomic E-state index is 0.737. The van der Waals surface area contributed by atoms with Gasteiger partial charge in [-0.3, -0.25) is 0 Å². The monoisotopic (exact) mass is 304 g/mol. The molecule has 0 aromatic rings. The third-order valence-corrected chi connectivity index (χ3v) is 6.40. The summed E-state index contributed by atoms with van der Waals surface area (Å²) >= 11 is 10.0. The zero-order valence-electron chi connectivity index (χ0n) is 5.36. The zero-order chi connectivity index (χ0) is 7.40. The van der Waals surface area contributed by atoms with Crippen molar-refractivity contribution in [3.8, 4) is 0 Å². The molecule has 0 N–H and O–H groups in total. The molecule has 0 radical (unpaired) electrons. The van der Waals surface area contributed by atoms with Crippen LogP contribution >= 0.6 is 23.5 Å². The molecule has 0 aromatic heterocycles. The van der Waals surface area contributed by atoms with Crippen molar-refractivity contribution in [2.45, 2.75) is 10.5 Å². The summed E-state index contributed by atoms with van der Waals surface area (Å²) in [7, 11) is 0. The van der Waals surface area contributed by atoms with Gasteiger partial charge in [-0.05, 0) is 0 Å². The van der Waals surface area contributed by atoms with Crippen molar-refractivity contribution in [3.05, 3.63) is 0 Å². The summed E-state index contributed by atoms with van der Waals surface area (Å²) in [6.07, 6.45) is 0. The van der Waals surface area contributed by atoms with Crippen LogP contribution in [0.3, 0.4) is 0 Å². The molecule has 0 aromatic carbocycles. The molecule has 1 heterocycles. The van der Waals surface area contributed by atoms with E-state index in [2.05, 4.69) is 41.0 Å². The van der Waals surface area contributed by atoms with Crippen molar-refractivity contribution in [1.29, 1.82) is 0 Å². The molecule has 4 heteroatoms. The number of hydrogen-bond acceptors (Lipinski definition) is 2. The van der Waals surface area contributed by atoms with Gasteiger partial charge in [0.15, 0.2) is 0 Å². The Morgan fingerprint density at radius 1 is 1.00 bits per heavy atom. The van der Waals surface area contributed by atoms with Gasteiger partial charge in [0.2, 0.25) is 0 Å². The van der Waals surface area contributed by atoms with E-state index < -0.39 is 0 Å². The van der Waals surface area contributed by atoms with Crippen molar-refractivity contribution in [2.75, 3.05) is 11.5 Å². The summed E-state index contributed by atoms with van der Waals surface area (Å²) in [5.74, 6) is 2.50. The normalized spacial score (nSPS) is 33.2. The zero-order valence-corrected chi connectivity index (χ0v) is 10.4. The Bertz CT molecular complexity index is 114. The van der Waals surface area contributed by atoms with E-state index in [9.17, 15) is 0 Å². The Hall–Kier alpha value is 1.48. The van der Waals surface area contributed by atoms with Gasteiger partial charge in [-0.2, -0.15) is 0 Å². The molecule has 2 unspecified atom stereocenters. The van der Waals surface area contributed by atoms with E-state index in [1.54, 1.807) is 0 Å². The molecule has 1 fully saturated rings. The van der Waals surface area contributed by atoms with E-state index >= 15 is 0 Å². The second-order valence-corrected chi connectivity index (χ2v) is 5.70. The Balaban J connectivity index is 2.30. The van der Waals surface area contributed by atoms with Crippen LogP contribution in [0.5, 0.6) is 0 Å². The van der Waals surface area contributed by atoms with E-state index in [1.165, 1.54) is 11.5 Å². The predicted molar refractivity (Wildman–Crippen MR) is 56.1 cm³/mol. The molecule has 1 saturated heterocycles. The van der Waals surface area contributed by atoms with E-state index in [4.69, 9.17) is 0 Å². The van der Waals surface area contributed by atoms with Gasteiger partial charge in [0.25, 0.3) is 0 Å². The molecule has 1 aliphatic heterocycles. The Morgan fingerprint density at radius 3 is 1.60 bits per heavy atom. The van der Waals surface area contributed by atoms with Gasteiger partial charge in [0.05, 0.1) is 0 Å². The van der Waals surface area contributed by atoms with Crippen molar-refractivity contribution in [2.24, 2.45) is 0 Å². The Morgan fingerprint density at radius 2 is 1.40 bits per heavy atom. The number of hydrogen-bond donors (Lipinski definition) is 0. The van der Waals surface area contributed by atoms with Crippen LogP contribution in [0, 0.1) is 0 Å². The molecule has 1 aliphatic rings. The summed E-state index contributed by atoms with van der Waals surface area (Å²) in [6, 6.07) is 0. The van der Waals surface area contributed by atoms with Gasteiger partial charge >= 0.3 is 86.5 Å². The van der Waals surface area contributed by atoms with Crippen molar-refractivity contribution >= 4 is 64.5 Å². The summed E-state index contributed by atoms with van der Waals surface area (Å²) in [6.45, 7) is 0. The SMILES string of the molecule is [Se]=CC1CSC(C=[Se])CS1. The molecule has 0 aliphatic carbocycles. The van der Waals surface area contributed by atoms with Crippen LogP contribution < -0.4 is 0 Å². The van der Waals surface area contributed by atoms with Crippen LogP contribution in [-0.2, 0) is 0 Å². The molecule has 0 nitrogen and oxygen atoms in total. The molecule has 0 amide bonds. The van der Waals surface area contributed by atoms with Crippen molar-refractivity contribution < 1.29 is 0 Å². The topological polar surface area (TPSA) is 0 Å². The molecule has 0 spiro atoms. The van der Waals surface area contributed by atoms with Crippen LogP contribution in [0.25, 0.3) is 0 Å². The summed E-state index contributed by atoms with van der Waals surface area (Å²) < 4.78 is 0. The average molecular weight is 302 g/mol. The maximum atomic E-state index is 2.97. The van der Waals surface area contributed by atoms with Gasteiger partial charge < -0.3 is 0 Å². The van der Waals surface area contributed by atoms with Crippen LogP contribution in [0.15, 0.2) is 0 Å². The Kier molecular flexibility index (Phi) is 4.96. The summed E-state index contributed by atoms with van der Waals surface area (Å²) in [4.78, 5) is 4.35. The molecule has 0 saturated carbocycles. The number of thioether (sulfide) groups is 2. The molecule has 56 valence electrons. The summed E-state index contributed by atoms with van der Waals surface area (Å²) in [5.41, 5.74) is 0. The second kappa shape index (κ2) is 5.18. The minimum absolute atomic E-state index is 0.737. The fraction of sp³-hybridized carbons (Fsp3) is 0.667. The number of rotatable bonds is 2. The first kappa shape index (κ1) is 9.57. The van der Waals surface area contributed by atoms with E-state index in [1.807, 2.05) is 23.5 Å². The van der Waals surface area contributed by atoms with E-state index in [0.717, 1.165) is 10.5 Å². The van der Waals surface area contributed by atoms with Gasteiger partial charge in [-0.25, -0.2) is 0 Å². The first-order valence-corrected chi connectivity index (χ1v) is 7.08. The molecule has 0 bridgehead atoms. The van der Waals surface area contributed by atoms with Crippen molar-refractivity contribution in [3.63, 3.8) is 0 Å². The third kappa shape index (κ3) is 2.84. The third-order valence-electron chi connectivity index (χ3n) is 1.25. The fourth-order valence-corrected chi connectivity index (χ4v) is 5.10. The van der Waals surface area contributed by atoms with Gasteiger partial charge in [-0.15, -0.1) is 0 Å². The van der Waals surface area contributed by atoms with Crippen LogP contribution in [0.1, 0.15) is 0 Å². The van der Waals surface area contributed by atoms with Crippen LogP contribution in [0.4, 0.5) is 0 Å². The summed E-state index contributed by atoms with van der Waals surface area (Å²) in [5, 5.41) is 1.47. The van der Waals surface area contributed by atoms with Gasteiger partial charge in [-0.1, -0.05) is 0 Å². The van der Waals surface area contributed by atoms with Gasteiger partial charge in [0.1, 0.15) is 0 Å². The van der Waals surface area contributed by atoms with E-state index in [-0.39, 0.29) is 0 Å². The maximum absolute atomic E-state index is 2.97. The molecule has 1 rings (SSSR count). The first-order chi connectivity index (χ1) is 4.86. The van der Waals surface area contributed by atoms with Gasteiger partial charge in [0, 0.05) is 0 Å².